The van der Waals surface area contributed by atoms with Crippen LogP contribution in [-0.2, 0) is 0 Å². The maximum Gasteiger partial charge on any atom is 0.274 e. The van der Waals surface area contributed by atoms with Crippen LogP contribution in [0, 0.1) is 5.82 Å². The van der Waals surface area contributed by atoms with Crippen molar-refractivity contribution in [2.45, 2.75) is 0 Å². The van der Waals surface area contributed by atoms with Crippen molar-refractivity contribution in [3.8, 4) is 0 Å². The van der Waals surface area contributed by atoms with E-state index in [4.69, 9.17) is 23.2 Å². The third kappa shape index (κ3) is 4.68. The standard InChI is InChI=1S/C18H12Cl2FN3O/c19-11-6-12(20)8-16(7-11)23-15-4-5-17(22-10-15)18(25)24-14-3-1-2-13(21)9-14/h1-10,23H,(H,24,25). The Kier molecular flexibility index (Phi) is 5.16. The normalized spacial score (nSPS) is 10.4. The fraction of sp³-hybridized carbons (Fsp3) is 0. The van der Waals surface area contributed by atoms with Crippen LogP contribution < -0.4 is 10.6 Å². The molecular weight excluding hydrogens is 364 g/mol. The number of carbonyl (C=O) groups excluding carboxylic acids is 1. The Bertz CT molecular complexity index is 896. The Morgan fingerprint density at radius 1 is 0.920 bits per heavy atom. The molecule has 7 heteroatoms. The van der Waals surface area contributed by atoms with Gasteiger partial charge in [0.15, 0.2) is 0 Å². The fourth-order valence-corrected chi connectivity index (χ4v) is 2.68. The largest absolute Gasteiger partial charge is 0.354 e. The third-order valence-electron chi connectivity index (χ3n) is 3.23. The summed E-state index contributed by atoms with van der Waals surface area (Å²) in [6, 6.07) is 14.0. The molecule has 0 radical (unpaired) electrons. The topological polar surface area (TPSA) is 54.0 Å². The maximum absolute atomic E-state index is 13.1. The Morgan fingerprint density at radius 3 is 2.32 bits per heavy atom. The van der Waals surface area contributed by atoms with Gasteiger partial charge >= 0.3 is 0 Å². The molecule has 0 spiro atoms. The van der Waals surface area contributed by atoms with Gasteiger partial charge in [0.05, 0.1) is 11.9 Å². The van der Waals surface area contributed by atoms with Gasteiger partial charge in [-0.05, 0) is 48.5 Å². The molecule has 3 rings (SSSR count). The second kappa shape index (κ2) is 7.51. The molecule has 126 valence electrons. The number of hydrogen-bond donors (Lipinski definition) is 2. The van der Waals surface area contributed by atoms with Gasteiger partial charge in [0.2, 0.25) is 0 Å². The summed E-state index contributed by atoms with van der Waals surface area (Å²) in [5, 5.41) is 6.70. The molecule has 25 heavy (non-hydrogen) atoms. The highest BCUT2D eigenvalue weighted by molar-refractivity contribution is 6.35. The van der Waals surface area contributed by atoms with Crippen LogP contribution in [0.4, 0.5) is 21.5 Å². The monoisotopic (exact) mass is 375 g/mol. The highest BCUT2D eigenvalue weighted by Crippen LogP contribution is 2.25. The first kappa shape index (κ1) is 17.2. The second-order valence-electron chi connectivity index (χ2n) is 5.18. The first-order chi connectivity index (χ1) is 12.0. The molecule has 1 aromatic heterocycles. The van der Waals surface area contributed by atoms with Crippen LogP contribution in [0.25, 0.3) is 0 Å². The fourth-order valence-electron chi connectivity index (χ4n) is 2.16. The number of benzene rings is 2. The Balaban J connectivity index is 1.70. The third-order valence-corrected chi connectivity index (χ3v) is 3.67. The summed E-state index contributed by atoms with van der Waals surface area (Å²) in [6.45, 7) is 0. The average Bonchev–Trinajstić information content (AvgIpc) is 2.54. The number of aromatic nitrogens is 1. The highest BCUT2D eigenvalue weighted by Gasteiger charge is 2.08. The molecule has 0 aliphatic heterocycles. The van der Waals surface area contributed by atoms with E-state index in [9.17, 15) is 9.18 Å². The zero-order valence-electron chi connectivity index (χ0n) is 12.8. The minimum atomic E-state index is -0.428. The van der Waals surface area contributed by atoms with Crippen LogP contribution in [0.3, 0.4) is 0 Å². The van der Waals surface area contributed by atoms with Crippen molar-refractivity contribution < 1.29 is 9.18 Å². The highest BCUT2D eigenvalue weighted by atomic mass is 35.5. The minimum absolute atomic E-state index is 0.207. The van der Waals surface area contributed by atoms with Crippen LogP contribution in [0.2, 0.25) is 10.0 Å². The molecule has 3 aromatic rings. The average molecular weight is 376 g/mol. The summed E-state index contributed by atoms with van der Waals surface area (Å²) in [4.78, 5) is 16.2. The molecule has 1 amide bonds. The first-order valence-corrected chi connectivity index (χ1v) is 8.01. The Hall–Kier alpha value is -2.63. The van der Waals surface area contributed by atoms with E-state index in [2.05, 4.69) is 15.6 Å². The molecule has 0 fully saturated rings. The molecule has 0 bridgehead atoms. The first-order valence-electron chi connectivity index (χ1n) is 7.26. The van der Waals surface area contributed by atoms with Gasteiger partial charge in [-0.15, -0.1) is 0 Å². The number of anilines is 3. The van der Waals surface area contributed by atoms with Gasteiger partial charge in [-0.2, -0.15) is 0 Å². The molecular formula is C18H12Cl2FN3O. The predicted molar refractivity (Wildman–Crippen MR) is 98.3 cm³/mol. The summed E-state index contributed by atoms with van der Waals surface area (Å²) < 4.78 is 13.1. The van der Waals surface area contributed by atoms with Gasteiger partial charge in [0.1, 0.15) is 11.5 Å². The van der Waals surface area contributed by atoms with Crippen molar-refractivity contribution in [2.24, 2.45) is 0 Å². The van der Waals surface area contributed by atoms with Crippen LogP contribution in [0.5, 0.6) is 0 Å². The Labute approximate surface area is 153 Å². The van der Waals surface area contributed by atoms with E-state index >= 15 is 0 Å². The predicted octanol–water partition coefficient (Wildman–Crippen LogP) is 5.52. The van der Waals surface area contributed by atoms with Crippen molar-refractivity contribution in [1.82, 2.24) is 4.98 Å². The molecule has 0 atom stereocenters. The maximum atomic E-state index is 13.1. The van der Waals surface area contributed by atoms with Crippen LogP contribution >= 0.6 is 23.2 Å². The van der Waals surface area contributed by atoms with Crippen molar-refractivity contribution >= 4 is 46.2 Å². The number of nitrogens with zero attached hydrogens (tertiary/aromatic N) is 1. The smallest absolute Gasteiger partial charge is 0.274 e. The molecule has 0 unspecified atom stereocenters. The number of rotatable bonds is 4. The number of carbonyl (C=O) groups is 1. The summed E-state index contributed by atoms with van der Waals surface area (Å²) in [7, 11) is 0. The van der Waals surface area contributed by atoms with E-state index in [0.717, 1.165) is 0 Å². The van der Waals surface area contributed by atoms with Crippen molar-refractivity contribution in [3.05, 3.63) is 82.4 Å². The molecule has 1 heterocycles. The minimum Gasteiger partial charge on any atom is -0.354 e. The van der Waals surface area contributed by atoms with Gasteiger partial charge in [-0.25, -0.2) is 9.37 Å². The van der Waals surface area contributed by atoms with Gasteiger partial charge < -0.3 is 10.6 Å². The quantitative estimate of drug-likeness (QED) is 0.630. The molecule has 0 saturated heterocycles. The molecule has 4 nitrogen and oxygen atoms in total. The van der Waals surface area contributed by atoms with E-state index in [0.29, 0.717) is 27.1 Å². The lowest BCUT2D eigenvalue weighted by atomic mass is 10.2. The number of amides is 1. The van der Waals surface area contributed by atoms with E-state index in [-0.39, 0.29) is 5.69 Å². The van der Waals surface area contributed by atoms with E-state index in [1.165, 1.54) is 24.4 Å². The number of hydrogen-bond acceptors (Lipinski definition) is 3. The molecule has 2 aromatic carbocycles. The molecule has 0 aliphatic rings. The van der Waals surface area contributed by atoms with Gasteiger partial charge in [-0.3, -0.25) is 4.79 Å². The van der Waals surface area contributed by atoms with Gasteiger partial charge in [0, 0.05) is 21.4 Å². The van der Waals surface area contributed by atoms with Crippen LogP contribution in [0.1, 0.15) is 10.5 Å². The van der Waals surface area contributed by atoms with Crippen molar-refractivity contribution in [2.75, 3.05) is 10.6 Å². The zero-order valence-corrected chi connectivity index (χ0v) is 14.3. The number of nitrogens with one attached hydrogen (secondary N) is 2. The lowest BCUT2D eigenvalue weighted by Gasteiger charge is -2.08. The Morgan fingerprint density at radius 2 is 1.68 bits per heavy atom. The summed E-state index contributed by atoms with van der Waals surface area (Å²) in [6.07, 6.45) is 1.51. The van der Waals surface area contributed by atoms with Crippen molar-refractivity contribution in [1.29, 1.82) is 0 Å². The van der Waals surface area contributed by atoms with Crippen molar-refractivity contribution in [3.63, 3.8) is 0 Å². The summed E-state index contributed by atoms with van der Waals surface area (Å²) in [5.74, 6) is -0.853. The van der Waals surface area contributed by atoms with Gasteiger partial charge in [0.25, 0.3) is 5.91 Å². The van der Waals surface area contributed by atoms with Gasteiger partial charge in [-0.1, -0.05) is 29.3 Å². The van der Waals surface area contributed by atoms with Crippen LogP contribution in [-0.4, -0.2) is 10.9 Å². The lowest BCUT2D eigenvalue weighted by molar-refractivity contribution is 0.102. The molecule has 0 saturated carbocycles. The lowest BCUT2D eigenvalue weighted by Crippen LogP contribution is -2.13. The molecule has 2 N–H and O–H groups in total. The number of pyridine rings is 1. The summed E-state index contributed by atoms with van der Waals surface area (Å²) in [5.41, 5.74) is 1.94. The number of halogens is 3. The van der Waals surface area contributed by atoms with E-state index in [1.807, 2.05) is 0 Å². The zero-order chi connectivity index (χ0) is 17.8. The van der Waals surface area contributed by atoms with Crippen LogP contribution in [0.15, 0.2) is 60.8 Å². The van der Waals surface area contributed by atoms with E-state index in [1.54, 1.807) is 36.4 Å². The summed E-state index contributed by atoms with van der Waals surface area (Å²) >= 11 is 11.9. The molecule has 0 aliphatic carbocycles. The second-order valence-corrected chi connectivity index (χ2v) is 6.05. The van der Waals surface area contributed by atoms with E-state index < -0.39 is 11.7 Å². The SMILES string of the molecule is O=C(Nc1cccc(F)c1)c1ccc(Nc2cc(Cl)cc(Cl)c2)cn1.